The minimum Gasteiger partial charge on any atom is -0.478 e. The first-order valence-corrected chi connectivity index (χ1v) is 4.55. The number of nitrogens with zero attached hydrogens (tertiary/aromatic N) is 1. The third kappa shape index (κ3) is 1.83. The molecule has 0 bridgehead atoms. The zero-order valence-electron chi connectivity index (χ0n) is 8.18. The molecule has 0 saturated carbocycles. The summed E-state index contributed by atoms with van der Waals surface area (Å²) >= 11 is 0. The Bertz CT molecular complexity index is 590. The zero-order valence-corrected chi connectivity index (χ0v) is 8.18. The standard InChI is InChI=1S/C11H8N2O3/c14-10-9(5-12-6-13-10)7-2-1-3-8(4-7)11(15)16/h1-6H,(H,15,16)(H,12,13,14). The number of rotatable bonds is 2. The first-order valence-electron chi connectivity index (χ1n) is 4.55. The monoisotopic (exact) mass is 216 g/mol. The number of nitrogens with one attached hydrogen (secondary N) is 1. The molecule has 2 rings (SSSR count). The maximum atomic E-state index is 11.5. The summed E-state index contributed by atoms with van der Waals surface area (Å²) in [4.78, 5) is 28.5. The molecule has 0 unspecified atom stereocenters. The maximum Gasteiger partial charge on any atom is 0.335 e. The number of carboxylic acids is 1. The van der Waals surface area contributed by atoms with Crippen LogP contribution in [0.25, 0.3) is 11.1 Å². The fraction of sp³-hybridized carbons (Fsp3) is 0. The lowest BCUT2D eigenvalue weighted by Crippen LogP contribution is -2.08. The molecule has 80 valence electrons. The molecule has 5 nitrogen and oxygen atoms in total. The molecule has 0 spiro atoms. The van der Waals surface area contributed by atoms with Crippen LogP contribution in [-0.2, 0) is 0 Å². The Balaban J connectivity index is 2.57. The van der Waals surface area contributed by atoms with E-state index in [4.69, 9.17) is 5.11 Å². The highest BCUT2D eigenvalue weighted by molar-refractivity contribution is 5.89. The quantitative estimate of drug-likeness (QED) is 0.788. The van der Waals surface area contributed by atoms with Crippen molar-refractivity contribution in [3.63, 3.8) is 0 Å². The van der Waals surface area contributed by atoms with Gasteiger partial charge < -0.3 is 10.1 Å². The molecule has 0 fully saturated rings. The van der Waals surface area contributed by atoms with Crippen molar-refractivity contribution < 1.29 is 9.90 Å². The number of hydrogen-bond acceptors (Lipinski definition) is 3. The van der Waals surface area contributed by atoms with Crippen LogP contribution in [0.5, 0.6) is 0 Å². The van der Waals surface area contributed by atoms with Gasteiger partial charge in [-0.1, -0.05) is 12.1 Å². The van der Waals surface area contributed by atoms with Crippen LogP contribution < -0.4 is 5.56 Å². The van der Waals surface area contributed by atoms with E-state index in [-0.39, 0.29) is 11.1 Å². The molecular formula is C11H8N2O3. The van der Waals surface area contributed by atoms with Gasteiger partial charge in [0.15, 0.2) is 0 Å². The maximum absolute atomic E-state index is 11.5. The minimum atomic E-state index is -1.03. The van der Waals surface area contributed by atoms with Gasteiger partial charge in [-0.15, -0.1) is 0 Å². The second-order valence-corrected chi connectivity index (χ2v) is 3.18. The van der Waals surface area contributed by atoms with Gasteiger partial charge in [-0.3, -0.25) is 4.79 Å². The van der Waals surface area contributed by atoms with Crippen LogP contribution in [0, 0.1) is 0 Å². The third-order valence-corrected chi connectivity index (χ3v) is 2.14. The van der Waals surface area contributed by atoms with Gasteiger partial charge >= 0.3 is 5.97 Å². The summed E-state index contributed by atoms with van der Waals surface area (Å²) in [7, 11) is 0. The molecule has 2 aromatic rings. The van der Waals surface area contributed by atoms with Crippen LogP contribution in [0.1, 0.15) is 10.4 Å². The summed E-state index contributed by atoms with van der Waals surface area (Å²) in [6.45, 7) is 0. The average molecular weight is 216 g/mol. The van der Waals surface area contributed by atoms with Crippen LogP contribution in [0.4, 0.5) is 0 Å². The molecule has 0 atom stereocenters. The second kappa shape index (κ2) is 3.98. The molecule has 0 radical (unpaired) electrons. The van der Waals surface area contributed by atoms with Crippen molar-refractivity contribution in [1.82, 2.24) is 9.97 Å². The Labute approximate surface area is 90.4 Å². The molecular weight excluding hydrogens is 208 g/mol. The summed E-state index contributed by atoms with van der Waals surface area (Å²) in [5, 5.41) is 8.82. The predicted octanol–water partition coefficient (Wildman–Crippen LogP) is 1.14. The Hall–Kier alpha value is -2.43. The van der Waals surface area contributed by atoms with E-state index in [0.717, 1.165) is 0 Å². The molecule has 0 aliphatic heterocycles. The van der Waals surface area contributed by atoms with Gasteiger partial charge in [0.25, 0.3) is 5.56 Å². The molecule has 0 aliphatic rings. The van der Waals surface area contributed by atoms with Crippen molar-refractivity contribution in [2.75, 3.05) is 0 Å². The van der Waals surface area contributed by atoms with Crippen LogP contribution in [0.3, 0.4) is 0 Å². The Morgan fingerprint density at radius 3 is 2.88 bits per heavy atom. The van der Waals surface area contributed by atoms with Gasteiger partial charge in [-0.05, 0) is 17.7 Å². The van der Waals surface area contributed by atoms with E-state index >= 15 is 0 Å². The second-order valence-electron chi connectivity index (χ2n) is 3.18. The first-order chi connectivity index (χ1) is 7.68. The molecule has 0 amide bonds. The van der Waals surface area contributed by atoms with E-state index in [2.05, 4.69) is 9.97 Å². The Kier molecular flexibility index (Phi) is 2.51. The van der Waals surface area contributed by atoms with Crippen LogP contribution in [0.15, 0.2) is 41.6 Å². The molecule has 1 heterocycles. The van der Waals surface area contributed by atoms with Crippen molar-refractivity contribution in [3.8, 4) is 11.1 Å². The summed E-state index contributed by atoms with van der Waals surface area (Å²) < 4.78 is 0. The number of benzene rings is 1. The van der Waals surface area contributed by atoms with E-state index in [0.29, 0.717) is 11.1 Å². The van der Waals surface area contributed by atoms with Crippen LogP contribution in [-0.4, -0.2) is 21.0 Å². The Morgan fingerprint density at radius 1 is 1.38 bits per heavy atom. The van der Waals surface area contributed by atoms with E-state index in [9.17, 15) is 9.59 Å². The number of carboxylic acid groups (broad SMARTS) is 1. The van der Waals surface area contributed by atoms with Crippen molar-refractivity contribution >= 4 is 5.97 Å². The van der Waals surface area contributed by atoms with E-state index in [1.807, 2.05) is 0 Å². The van der Waals surface area contributed by atoms with Crippen molar-refractivity contribution in [2.24, 2.45) is 0 Å². The van der Waals surface area contributed by atoms with Crippen molar-refractivity contribution in [1.29, 1.82) is 0 Å². The highest BCUT2D eigenvalue weighted by Gasteiger charge is 2.07. The van der Waals surface area contributed by atoms with Crippen molar-refractivity contribution in [2.45, 2.75) is 0 Å². The Morgan fingerprint density at radius 2 is 2.19 bits per heavy atom. The number of aromatic amines is 1. The number of aromatic nitrogens is 2. The van der Waals surface area contributed by atoms with Gasteiger partial charge in [0, 0.05) is 6.20 Å². The van der Waals surface area contributed by atoms with Crippen LogP contribution >= 0.6 is 0 Å². The molecule has 5 heteroatoms. The van der Waals surface area contributed by atoms with E-state index < -0.39 is 5.97 Å². The van der Waals surface area contributed by atoms with Gasteiger partial charge in [0.1, 0.15) is 0 Å². The fourth-order valence-corrected chi connectivity index (χ4v) is 1.37. The summed E-state index contributed by atoms with van der Waals surface area (Å²) in [5.41, 5.74) is 0.734. The molecule has 0 aliphatic carbocycles. The van der Waals surface area contributed by atoms with E-state index in [1.165, 1.54) is 24.7 Å². The number of carbonyl (C=O) groups is 1. The number of hydrogen-bond donors (Lipinski definition) is 2. The normalized spacial score (nSPS) is 10.0. The lowest BCUT2D eigenvalue weighted by atomic mass is 10.1. The number of aromatic carboxylic acids is 1. The molecule has 1 aromatic heterocycles. The summed E-state index contributed by atoms with van der Waals surface area (Å²) in [5.74, 6) is -1.03. The predicted molar refractivity (Wildman–Crippen MR) is 57.3 cm³/mol. The van der Waals surface area contributed by atoms with Gasteiger partial charge in [0.2, 0.25) is 0 Å². The summed E-state index contributed by atoms with van der Waals surface area (Å²) in [6, 6.07) is 6.16. The number of H-pyrrole nitrogens is 1. The smallest absolute Gasteiger partial charge is 0.335 e. The fourth-order valence-electron chi connectivity index (χ4n) is 1.37. The largest absolute Gasteiger partial charge is 0.478 e. The molecule has 0 saturated heterocycles. The molecule has 2 N–H and O–H groups in total. The van der Waals surface area contributed by atoms with Gasteiger partial charge in [-0.2, -0.15) is 0 Å². The van der Waals surface area contributed by atoms with Gasteiger partial charge in [-0.25, -0.2) is 9.78 Å². The highest BCUT2D eigenvalue weighted by Crippen LogP contribution is 2.15. The first kappa shape index (κ1) is 10.1. The topological polar surface area (TPSA) is 83.0 Å². The lowest BCUT2D eigenvalue weighted by molar-refractivity contribution is 0.0697. The van der Waals surface area contributed by atoms with Crippen molar-refractivity contribution in [3.05, 3.63) is 52.7 Å². The molecule has 1 aromatic carbocycles. The van der Waals surface area contributed by atoms with Crippen LogP contribution in [0.2, 0.25) is 0 Å². The summed E-state index contributed by atoms with van der Waals surface area (Å²) in [6.07, 6.45) is 2.69. The van der Waals surface area contributed by atoms with E-state index in [1.54, 1.807) is 12.1 Å². The third-order valence-electron chi connectivity index (χ3n) is 2.14. The van der Waals surface area contributed by atoms with Gasteiger partial charge in [0.05, 0.1) is 17.5 Å². The average Bonchev–Trinajstić information content (AvgIpc) is 2.30. The lowest BCUT2D eigenvalue weighted by Gasteiger charge is -2.00. The highest BCUT2D eigenvalue weighted by atomic mass is 16.4. The SMILES string of the molecule is O=C(O)c1cccc(-c2cnc[nH]c2=O)c1. The molecule has 16 heavy (non-hydrogen) atoms. The zero-order chi connectivity index (χ0) is 11.5. The minimum absolute atomic E-state index is 0.140.